The van der Waals surface area contributed by atoms with Gasteiger partial charge >= 0.3 is 0 Å². The average molecular weight is 245 g/mol. The largest absolute Gasteiger partial charge is 0.0683 e. The first-order valence-corrected chi connectivity index (χ1v) is 5.86. The third-order valence-corrected chi connectivity index (χ3v) is 1.79. The number of aryl methyl sites for hydroxylation is 1. The molecule has 0 bridgehead atoms. The molecule has 0 nitrogen and oxygen atoms in total. The third kappa shape index (κ3) is 8.04. The van der Waals surface area contributed by atoms with Gasteiger partial charge in [0.25, 0.3) is 0 Å². The molecule has 0 aliphatic heterocycles. The minimum atomic E-state index is 1.11. The van der Waals surface area contributed by atoms with Crippen LogP contribution in [0.1, 0.15) is 40.2 Å². The Morgan fingerprint density at radius 1 is 1.08 bits per heavy atom. The smallest absolute Gasteiger partial charge is 0.0177 e. The topological polar surface area (TPSA) is 0 Å². The number of hydrogen-bond acceptors (Lipinski definition) is 0. The standard InChI is InChI=1S/C8H9Br.2C2H6/c1-2-7-4-3-5-8(9)6-7;2*1-2/h3-6H,2H2,1H3;2*1-2H3. The number of hydrogen-bond donors (Lipinski definition) is 0. The molecule has 1 heteroatoms. The second kappa shape index (κ2) is 11.7. The predicted octanol–water partition coefficient (Wildman–Crippen LogP) is 5.06. The lowest BCUT2D eigenvalue weighted by Gasteiger charge is -1.94. The number of benzene rings is 1. The van der Waals surface area contributed by atoms with E-state index >= 15 is 0 Å². The molecule has 0 unspecified atom stereocenters. The van der Waals surface area contributed by atoms with Crippen molar-refractivity contribution in [3.05, 3.63) is 34.3 Å². The molecule has 0 heterocycles. The SMILES string of the molecule is CC.CC.CCc1cccc(Br)c1. The van der Waals surface area contributed by atoms with E-state index in [2.05, 4.69) is 41.1 Å². The van der Waals surface area contributed by atoms with Gasteiger partial charge in [-0.15, -0.1) is 0 Å². The van der Waals surface area contributed by atoms with Gasteiger partial charge in [-0.2, -0.15) is 0 Å². The molecule has 13 heavy (non-hydrogen) atoms. The minimum absolute atomic E-state index is 1.11. The molecule has 76 valence electrons. The number of rotatable bonds is 1. The summed E-state index contributed by atoms with van der Waals surface area (Å²) < 4.78 is 1.17. The van der Waals surface area contributed by atoms with E-state index in [4.69, 9.17) is 0 Å². The predicted molar refractivity (Wildman–Crippen MR) is 66.2 cm³/mol. The van der Waals surface area contributed by atoms with Crippen LogP contribution < -0.4 is 0 Å². The van der Waals surface area contributed by atoms with Gasteiger partial charge in [0.1, 0.15) is 0 Å². The van der Waals surface area contributed by atoms with Gasteiger partial charge in [-0.3, -0.25) is 0 Å². The molecule has 0 saturated carbocycles. The zero-order valence-electron chi connectivity index (χ0n) is 9.39. The highest BCUT2D eigenvalue weighted by atomic mass is 79.9. The Labute approximate surface area is 91.5 Å². The van der Waals surface area contributed by atoms with Gasteiger partial charge in [-0.1, -0.05) is 62.7 Å². The van der Waals surface area contributed by atoms with Crippen LogP contribution in [-0.4, -0.2) is 0 Å². The summed E-state index contributed by atoms with van der Waals surface area (Å²) in [5.41, 5.74) is 1.38. The molecular formula is C12H21Br. The van der Waals surface area contributed by atoms with E-state index in [0.717, 1.165) is 6.42 Å². The van der Waals surface area contributed by atoms with Crippen molar-refractivity contribution in [2.45, 2.75) is 41.0 Å². The highest BCUT2D eigenvalue weighted by Crippen LogP contribution is 2.11. The van der Waals surface area contributed by atoms with Crippen LogP contribution in [0.15, 0.2) is 28.7 Å². The highest BCUT2D eigenvalue weighted by molar-refractivity contribution is 9.10. The second-order valence-electron chi connectivity index (χ2n) is 1.98. The van der Waals surface area contributed by atoms with Gasteiger partial charge in [0.05, 0.1) is 0 Å². The van der Waals surface area contributed by atoms with Gasteiger partial charge in [-0.25, -0.2) is 0 Å². The molecule has 0 saturated heterocycles. The summed E-state index contributed by atoms with van der Waals surface area (Å²) in [5, 5.41) is 0. The Bertz CT molecular complexity index is 194. The molecule has 0 aliphatic carbocycles. The van der Waals surface area contributed by atoms with Crippen LogP contribution in [0.2, 0.25) is 0 Å². The summed E-state index contributed by atoms with van der Waals surface area (Å²) in [6.45, 7) is 10.2. The lowest BCUT2D eigenvalue weighted by Crippen LogP contribution is -1.76. The Balaban J connectivity index is 0. The van der Waals surface area contributed by atoms with Gasteiger partial charge < -0.3 is 0 Å². The molecule has 0 radical (unpaired) electrons. The summed E-state index contributed by atoms with van der Waals surface area (Å²) in [6, 6.07) is 8.37. The zero-order chi connectivity index (χ0) is 10.7. The maximum absolute atomic E-state index is 3.40. The maximum atomic E-state index is 3.40. The quantitative estimate of drug-likeness (QED) is 0.648. The monoisotopic (exact) mass is 244 g/mol. The lowest BCUT2D eigenvalue weighted by atomic mass is 10.2. The molecule has 0 fully saturated rings. The Morgan fingerprint density at radius 3 is 1.92 bits per heavy atom. The Hall–Kier alpha value is -0.300. The highest BCUT2D eigenvalue weighted by Gasteiger charge is 1.87. The van der Waals surface area contributed by atoms with Gasteiger partial charge in [0.15, 0.2) is 0 Å². The van der Waals surface area contributed by atoms with Crippen molar-refractivity contribution in [2.75, 3.05) is 0 Å². The first kappa shape index (κ1) is 15.2. The molecule has 0 aliphatic rings. The van der Waals surface area contributed by atoms with Crippen LogP contribution in [0.5, 0.6) is 0 Å². The summed E-state index contributed by atoms with van der Waals surface area (Å²) in [6.07, 6.45) is 1.11. The van der Waals surface area contributed by atoms with E-state index < -0.39 is 0 Å². The van der Waals surface area contributed by atoms with E-state index in [1.54, 1.807) is 0 Å². The molecule has 0 N–H and O–H groups in total. The summed E-state index contributed by atoms with van der Waals surface area (Å²) in [5.74, 6) is 0. The van der Waals surface area contributed by atoms with E-state index in [-0.39, 0.29) is 0 Å². The van der Waals surface area contributed by atoms with Crippen LogP contribution in [0, 0.1) is 0 Å². The van der Waals surface area contributed by atoms with Crippen LogP contribution in [0.3, 0.4) is 0 Å². The van der Waals surface area contributed by atoms with Crippen LogP contribution in [0.4, 0.5) is 0 Å². The summed E-state index contributed by atoms with van der Waals surface area (Å²) >= 11 is 3.40. The molecule has 1 aromatic rings. The molecule has 0 spiro atoms. The van der Waals surface area contributed by atoms with Gasteiger partial charge in [-0.05, 0) is 24.1 Å². The molecule has 1 rings (SSSR count). The van der Waals surface area contributed by atoms with Crippen LogP contribution in [0.25, 0.3) is 0 Å². The zero-order valence-corrected chi connectivity index (χ0v) is 11.0. The van der Waals surface area contributed by atoms with Crippen molar-refractivity contribution in [3.63, 3.8) is 0 Å². The van der Waals surface area contributed by atoms with Crippen molar-refractivity contribution < 1.29 is 0 Å². The first-order chi connectivity index (χ1) is 6.33. The molecule has 0 aromatic heterocycles. The minimum Gasteiger partial charge on any atom is -0.0683 e. The number of halogens is 1. The lowest BCUT2D eigenvalue weighted by molar-refractivity contribution is 1.14. The summed E-state index contributed by atoms with van der Waals surface area (Å²) in [4.78, 5) is 0. The molecular weight excluding hydrogens is 224 g/mol. The van der Waals surface area contributed by atoms with Crippen molar-refractivity contribution in [1.29, 1.82) is 0 Å². The van der Waals surface area contributed by atoms with E-state index in [0.29, 0.717) is 0 Å². The average Bonchev–Trinajstić information content (AvgIpc) is 2.24. The van der Waals surface area contributed by atoms with Crippen molar-refractivity contribution in [2.24, 2.45) is 0 Å². The first-order valence-electron chi connectivity index (χ1n) is 5.07. The van der Waals surface area contributed by atoms with Gasteiger partial charge in [0, 0.05) is 4.47 Å². The Kier molecular flexibility index (Phi) is 13.7. The molecule has 0 amide bonds. The fourth-order valence-corrected chi connectivity index (χ4v) is 1.20. The maximum Gasteiger partial charge on any atom is 0.0177 e. The van der Waals surface area contributed by atoms with Crippen LogP contribution in [-0.2, 0) is 6.42 Å². The van der Waals surface area contributed by atoms with Crippen molar-refractivity contribution in [3.8, 4) is 0 Å². The summed E-state index contributed by atoms with van der Waals surface area (Å²) in [7, 11) is 0. The second-order valence-corrected chi connectivity index (χ2v) is 2.90. The van der Waals surface area contributed by atoms with Gasteiger partial charge in [0.2, 0.25) is 0 Å². The molecule has 1 aromatic carbocycles. The molecule has 0 atom stereocenters. The van der Waals surface area contributed by atoms with E-state index in [9.17, 15) is 0 Å². The normalized spacial score (nSPS) is 7.54. The van der Waals surface area contributed by atoms with E-state index in [1.807, 2.05) is 33.8 Å². The van der Waals surface area contributed by atoms with Crippen molar-refractivity contribution >= 4 is 15.9 Å². The van der Waals surface area contributed by atoms with Crippen LogP contribution >= 0.6 is 15.9 Å². The van der Waals surface area contributed by atoms with E-state index in [1.165, 1.54) is 10.0 Å². The third-order valence-electron chi connectivity index (χ3n) is 1.30. The fourth-order valence-electron chi connectivity index (χ4n) is 0.757. The fraction of sp³-hybridized carbons (Fsp3) is 0.500. The Morgan fingerprint density at radius 2 is 1.62 bits per heavy atom. The van der Waals surface area contributed by atoms with Crippen molar-refractivity contribution in [1.82, 2.24) is 0 Å².